The number of hydrazine groups is 1. The maximum Gasteiger partial charge on any atom is 0.243 e. The third-order valence-electron chi connectivity index (χ3n) is 3.93. The molecular weight excluding hydrogens is 340 g/mol. The number of rotatable bonds is 5. The fourth-order valence-corrected chi connectivity index (χ4v) is 2.88. The van der Waals surface area contributed by atoms with Gasteiger partial charge in [0.15, 0.2) is 5.11 Å². The summed E-state index contributed by atoms with van der Waals surface area (Å²) in [5.74, 6) is -0.731. The Bertz CT molecular complexity index is 635. The molecule has 0 unspecified atom stereocenters. The van der Waals surface area contributed by atoms with Crippen LogP contribution in [0.4, 0.5) is 5.69 Å². The lowest BCUT2D eigenvalue weighted by atomic mass is 10.1. The molecule has 8 heteroatoms. The van der Waals surface area contributed by atoms with Crippen LogP contribution in [0.25, 0.3) is 0 Å². The predicted octanol–water partition coefficient (Wildman–Crippen LogP) is 0.878. The average molecular weight is 364 g/mol. The first-order valence-corrected chi connectivity index (χ1v) is 8.54. The zero-order valence-electron chi connectivity index (χ0n) is 14.7. The summed E-state index contributed by atoms with van der Waals surface area (Å²) in [6.07, 6.45) is 0.182. The van der Waals surface area contributed by atoms with Crippen molar-refractivity contribution in [2.45, 2.75) is 26.3 Å². The molecule has 1 aliphatic rings. The number of ether oxygens (including phenoxy) is 1. The van der Waals surface area contributed by atoms with Crippen molar-refractivity contribution in [2.24, 2.45) is 5.92 Å². The van der Waals surface area contributed by atoms with Crippen molar-refractivity contribution in [3.05, 3.63) is 29.8 Å². The van der Waals surface area contributed by atoms with Gasteiger partial charge in [-0.2, -0.15) is 0 Å². The van der Waals surface area contributed by atoms with Gasteiger partial charge in [-0.3, -0.25) is 20.4 Å². The molecular formula is C17H24N4O3S. The van der Waals surface area contributed by atoms with Gasteiger partial charge in [-0.05, 0) is 38.2 Å². The summed E-state index contributed by atoms with van der Waals surface area (Å²) in [6, 6.07) is 7.70. The van der Waals surface area contributed by atoms with Gasteiger partial charge in [0.2, 0.25) is 11.8 Å². The fourth-order valence-electron chi connectivity index (χ4n) is 2.63. The second kappa shape index (κ2) is 8.77. The topological polar surface area (TPSA) is 82.7 Å². The Hall–Kier alpha value is -2.19. The first-order chi connectivity index (χ1) is 11.9. The minimum absolute atomic E-state index is 0.0204. The molecule has 1 heterocycles. The molecule has 1 aromatic carbocycles. The molecule has 0 bridgehead atoms. The molecule has 2 rings (SSSR count). The van der Waals surface area contributed by atoms with Crippen LogP contribution >= 0.6 is 12.2 Å². The van der Waals surface area contributed by atoms with Crippen LogP contribution in [0.5, 0.6) is 0 Å². The number of carbonyl (C=O) groups is 2. The summed E-state index contributed by atoms with van der Waals surface area (Å²) >= 11 is 5.10. The molecule has 2 atom stereocenters. The summed E-state index contributed by atoms with van der Waals surface area (Å²) in [5, 5.41) is 3.28. The SMILES string of the molecule is COC[C@@H](C)NC(=S)NNC(=O)[C@@H]1CC(=O)N(c2ccc(C)cc2)C1. The first kappa shape index (κ1) is 19.1. The number of anilines is 1. The zero-order valence-corrected chi connectivity index (χ0v) is 15.5. The minimum atomic E-state index is -0.416. The smallest absolute Gasteiger partial charge is 0.243 e. The van der Waals surface area contributed by atoms with Gasteiger partial charge in [0, 0.05) is 31.8 Å². The molecule has 1 saturated heterocycles. The van der Waals surface area contributed by atoms with Crippen molar-refractivity contribution in [2.75, 3.05) is 25.2 Å². The maximum atomic E-state index is 12.3. The van der Waals surface area contributed by atoms with E-state index in [0.717, 1.165) is 11.3 Å². The molecule has 7 nitrogen and oxygen atoms in total. The summed E-state index contributed by atoms with van der Waals surface area (Å²) in [5.41, 5.74) is 7.15. The number of hydrogen-bond donors (Lipinski definition) is 3. The normalized spacial score (nSPS) is 18.0. The van der Waals surface area contributed by atoms with Gasteiger partial charge >= 0.3 is 0 Å². The van der Waals surface area contributed by atoms with Crippen LogP contribution in [0.3, 0.4) is 0 Å². The summed E-state index contributed by atoms with van der Waals surface area (Å²) in [4.78, 5) is 26.1. The number of aryl methyl sites for hydroxylation is 1. The molecule has 136 valence electrons. The Morgan fingerprint density at radius 1 is 1.36 bits per heavy atom. The molecule has 0 radical (unpaired) electrons. The van der Waals surface area contributed by atoms with Gasteiger partial charge in [0.25, 0.3) is 0 Å². The van der Waals surface area contributed by atoms with Crippen LogP contribution in [0.1, 0.15) is 18.9 Å². The standard InChI is InChI=1S/C17H24N4O3S/c1-11-4-6-14(7-5-11)21-9-13(8-15(21)22)16(23)19-20-17(25)18-12(2)10-24-3/h4-7,12-13H,8-10H2,1-3H3,(H,19,23)(H2,18,20,25)/t12-,13-/m1/s1. The number of methoxy groups -OCH3 is 1. The van der Waals surface area contributed by atoms with Gasteiger partial charge in [0.1, 0.15) is 0 Å². The van der Waals surface area contributed by atoms with Crippen LogP contribution in [0.15, 0.2) is 24.3 Å². The van der Waals surface area contributed by atoms with Crippen molar-refractivity contribution in [3.8, 4) is 0 Å². The number of amides is 2. The van der Waals surface area contributed by atoms with Crippen LogP contribution in [0, 0.1) is 12.8 Å². The van der Waals surface area contributed by atoms with Crippen molar-refractivity contribution in [1.82, 2.24) is 16.2 Å². The number of benzene rings is 1. The van der Waals surface area contributed by atoms with Crippen molar-refractivity contribution < 1.29 is 14.3 Å². The summed E-state index contributed by atoms with van der Waals surface area (Å²) in [7, 11) is 1.60. The molecule has 0 saturated carbocycles. The third-order valence-corrected chi connectivity index (χ3v) is 4.15. The first-order valence-electron chi connectivity index (χ1n) is 8.13. The van der Waals surface area contributed by atoms with Crippen molar-refractivity contribution >= 4 is 34.8 Å². The van der Waals surface area contributed by atoms with E-state index in [-0.39, 0.29) is 24.3 Å². The average Bonchev–Trinajstić information content (AvgIpc) is 2.95. The van der Waals surface area contributed by atoms with E-state index in [4.69, 9.17) is 17.0 Å². The summed E-state index contributed by atoms with van der Waals surface area (Å²) < 4.78 is 5.00. The number of carbonyl (C=O) groups excluding carboxylic acids is 2. The van der Waals surface area contributed by atoms with E-state index < -0.39 is 5.92 Å². The highest BCUT2D eigenvalue weighted by Gasteiger charge is 2.35. The fraction of sp³-hybridized carbons (Fsp3) is 0.471. The van der Waals surface area contributed by atoms with Crippen LogP contribution in [-0.4, -0.2) is 43.2 Å². The zero-order chi connectivity index (χ0) is 18.4. The lowest BCUT2D eigenvalue weighted by molar-refractivity contribution is -0.126. The highest BCUT2D eigenvalue weighted by Crippen LogP contribution is 2.25. The molecule has 1 aliphatic heterocycles. The van der Waals surface area contributed by atoms with E-state index in [2.05, 4.69) is 16.2 Å². The maximum absolute atomic E-state index is 12.3. The van der Waals surface area contributed by atoms with Crippen LogP contribution in [0.2, 0.25) is 0 Å². The number of nitrogens with zero attached hydrogens (tertiary/aromatic N) is 1. The van der Waals surface area contributed by atoms with Gasteiger partial charge < -0.3 is 15.0 Å². The van der Waals surface area contributed by atoms with Gasteiger partial charge in [-0.1, -0.05) is 17.7 Å². The highest BCUT2D eigenvalue weighted by molar-refractivity contribution is 7.80. The largest absolute Gasteiger partial charge is 0.383 e. The van der Waals surface area contributed by atoms with Gasteiger partial charge in [-0.15, -0.1) is 0 Å². The molecule has 1 fully saturated rings. The van der Waals surface area contributed by atoms with E-state index in [9.17, 15) is 9.59 Å². The molecule has 1 aromatic rings. The molecule has 0 aliphatic carbocycles. The van der Waals surface area contributed by atoms with Gasteiger partial charge in [0.05, 0.1) is 12.5 Å². The Kier molecular flexibility index (Phi) is 6.72. The van der Waals surface area contributed by atoms with Gasteiger partial charge in [-0.25, -0.2) is 0 Å². The molecule has 0 aromatic heterocycles. The van der Waals surface area contributed by atoms with E-state index in [1.54, 1.807) is 12.0 Å². The van der Waals surface area contributed by atoms with E-state index in [0.29, 0.717) is 18.3 Å². The molecule has 3 N–H and O–H groups in total. The Morgan fingerprint density at radius 2 is 2.04 bits per heavy atom. The Morgan fingerprint density at radius 3 is 2.68 bits per heavy atom. The lowest BCUT2D eigenvalue weighted by Crippen LogP contribution is -2.51. The molecule has 0 spiro atoms. The van der Waals surface area contributed by atoms with Crippen LogP contribution in [-0.2, 0) is 14.3 Å². The lowest BCUT2D eigenvalue weighted by Gasteiger charge is -2.18. The molecule has 25 heavy (non-hydrogen) atoms. The van der Waals surface area contributed by atoms with Crippen LogP contribution < -0.4 is 21.1 Å². The molecule has 2 amide bonds. The Balaban J connectivity index is 1.84. The second-order valence-electron chi connectivity index (χ2n) is 6.19. The minimum Gasteiger partial charge on any atom is -0.383 e. The number of nitrogens with one attached hydrogen (secondary N) is 3. The third kappa shape index (κ3) is 5.40. The Labute approximate surface area is 153 Å². The van der Waals surface area contributed by atoms with E-state index in [1.165, 1.54) is 0 Å². The highest BCUT2D eigenvalue weighted by atomic mass is 32.1. The summed E-state index contributed by atoms with van der Waals surface area (Å²) in [6.45, 7) is 4.75. The van der Waals surface area contributed by atoms with Crippen molar-refractivity contribution in [1.29, 1.82) is 0 Å². The van der Waals surface area contributed by atoms with E-state index >= 15 is 0 Å². The predicted molar refractivity (Wildman–Crippen MR) is 100.0 cm³/mol. The van der Waals surface area contributed by atoms with Crippen molar-refractivity contribution in [3.63, 3.8) is 0 Å². The van der Waals surface area contributed by atoms with E-state index in [1.807, 2.05) is 38.1 Å². The quantitative estimate of drug-likeness (QED) is 0.531. The number of hydrogen-bond acceptors (Lipinski definition) is 4. The monoisotopic (exact) mass is 364 g/mol. The number of thiocarbonyl (C=S) groups is 1. The second-order valence-corrected chi connectivity index (χ2v) is 6.59.